The lowest BCUT2D eigenvalue weighted by Crippen LogP contribution is -2.37. The number of hydrogen-bond acceptors (Lipinski definition) is 6. The fourth-order valence-electron chi connectivity index (χ4n) is 5.26. The van der Waals surface area contributed by atoms with Crippen molar-refractivity contribution in [2.24, 2.45) is 0 Å². The maximum Gasteiger partial charge on any atom is 0.161 e. The number of methoxy groups -OCH3 is 1. The van der Waals surface area contributed by atoms with Gasteiger partial charge in [-0.15, -0.1) is 0 Å². The summed E-state index contributed by atoms with van der Waals surface area (Å²) in [6.45, 7) is 4.01. The standard InChI is InChI=1S/C27H26F2N4O3/c1-15-26(16(2)36-31-15)17-4-7-24-23(10-17)30-27(33(24)19-11-20(12-19)34-3)25-8-9-35-14-32(25)18-5-6-21(28)22(29)13-18/h4-10,13,19-20,25H,11-12,14H2,1-3H3/t19?,20?,25-/m0/s1. The van der Waals surface area contributed by atoms with Crippen LogP contribution in [0, 0.1) is 25.5 Å². The zero-order chi connectivity index (χ0) is 25.0. The van der Waals surface area contributed by atoms with Crippen molar-refractivity contribution in [2.75, 3.05) is 18.7 Å². The Kier molecular flexibility index (Phi) is 5.52. The molecule has 2 aliphatic rings. The number of rotatable bonds is 5. The molecule has 0 unspecified atom stereocenters. The number of imidazole rings is 1. The maximum absolute atomic E-state index is 14.1. The Balaban J connectivity index is 1.49. The van der Waals surface area contributed by atoms with Crippen LogP contribution in [-0.4, -0.2) is 34.7 Å². The Morgan fingerprint density at radius 2 is 1.89 bits per heavy atom. The first kappa shape index (κ1) is 22.7. The summed E-state index contributed by atoms with van der Waals surface area (Å²) in [6, 6.07) is 9.96. The fraction of sp³-hybridized carbons (Fsp3) is 0.333. The summed E-state index contributed by atoms with van der Waals surface area (Å²) in [7, 11) is 1.73. The lowest BCUT2D eigenvalue weighted by atomic mass is 9.88. The molecule has 1 aliphatic heterocycles. The van der Waals surface area contributed by atoms with Gasteiger partial charge >= 0.3 is 0 Å². The number of halogens is 2. The third kappa shape index (κ3) is 3.65. The van der Waals surface area contributed by atoms with E-state index in [4.69, 9.17) is 19.0 Å². The average Bonchev–Trinajstić information content (AvgIpc) is 3.39. The van der Waals surface area contributed by atoms with Crippen molar-refractivity contribution in [1.29, 1.82) is 0 Å². The molecule has 1 fully saturated rings. The Morgan fingerprint density at radius 1 is 1.06 bits per heavy atom. The van der Waals surface area contributed by atoms with Crippen LogP contribution in [0.1, 0.15) is 42.2 Å². The molecular weight excluding hydrogens is 466 g/mol. The smallest absolute Gasteiger partial charge is 0.161 e. The van der Waals surface area contributed by atoms with E-state index < -0.39 is 11.6 Å². The van der Waals surface area contributed by atoms with Crippen molar-refractivity contribution in [3.05, 3.63) is 77.6 Å². The van der Waals surface area contributed by atoms with Crippen LogP contribution in [0.4, 0.5) is 14.5 Å². The molecule has 6 rings (SSSR count). The number of benzene rings is 2. The van der Waals surface area contributed by atoms with Crippen LogP contribution in [0.5, 0.6) is 0 Å². The average molecular weight is 493 g/mol. The minimum absolute atomic E-state index is 0.186. The van der Waals surface area contributed by atoms with Crippen molar-refractivity contribution in [1.82, 2.24) is 14.7 Å². The molecule has 1 aliphatic carbocycles. The topological polar surface area (TPSA) is 65.6 Å². The maximum atomic E-state index is 14.1. The summed E-state index contributed by atoms with van der Waals surface area (Å²) in [5.41, 5.74) is 5.13. The zero-order valence-corrected chi connectivity index (χ0v) is 20.2. The summed E-state index contributed by atoms with van der Waals surface area (Å²) in [5, 5.41) is 4.09. The molecule has 0 spiro atoms. The normalized spacial score (nSPS) is 21.6. The molecular formula is C27H26F2N4O3. The van der Waals surface area contributed by atoms with E-state index in [-0.39, 0.29) is 24.9 Å². The van der Waals surface area contributed by atoms with Crippen molar-refractivity contribution < 1.29 is 22.8 Å². The highest BCUT2D eigenvalue weighted by Gasteiger charge is 2.36. The molecule has 2 aromatic carbocycles. The van der Waals surface area contributed by atoms with Crippen LogP contribution in [0.3, 0.4) is 0 Å². The quantitative estimate of drug-likeness (QED) is 0.341. The van der Waals surface area contributed by atoms with Crippen molar-refractivity contribution in [3.8, 4) is 11.1 Å². The van der Waals surface area contributed by atoms with Crippen LogP contribution in [0.25, 0.3) is 22.2 Å². The number of ether oxygens (including phenoxy) is 2. The summed E-state index contributed by atoms with van der Waals surface area (Å²) >= 11 is 0. The highest BCUT2D eigenvalue weighted by Crippen LogP contribution is 2.42. The van der Waals surface area contributed by atoms with Gasteiger partial charge in [-0.05, 0) is 62.6 Å². The van der Waals surface area contributed by atoms with Gasteiger partial charge in [-0.25, -0.2) is 13.8 Å². The van der Waals surface area contributed by atoms with Gasteiger partial charge < -0.3 is 23.5 Å². The SMILES string of the molecule is COC1CC(n2c([C@@H]3C=COCN3c3ccc(F)c(F)c3)nc3cc(-c4c(C)noc4C)ccc32)C1. The minimum Gasteiger partial charge on any atom is -0.481 e. The molecule has 0 N–H and O–H groups in total. The number of fused-ring (bicyclic) bond motifs is 1. The van der Waals surface area contributed by atoms with Gasteiger partial charge in [-0.3, -0.25) is 0 Å². The van der Waals surface area contributed by atoms with Crippen molar-refractivity contribution in [2.45, 2.75) is 44.9 Å². The van der Waals surface area contributed by atoms with E-state index in [9.17, 15) is 8.78 Å². The number of anilines is 1. The van der Waals surface area contributed by atoms with Gasteiger partial charge in [-0.1, -0.05) is 11.2 Å². The fourth-order valence-corrected chi connectivity index (χ4v) is 5.26. The second-order valence-corrected chi connectivity index (χ2v) is 9.36. The van der Waals surface area contributed by atoms with Crippen LogP contribution in [0.2, 0.25) is 0 Å². The Morgan fingerprint density at radius 3 is 2.61 bits per heavy atom. The van der Waals surface area contributed by atoms with Crippen LogP contribution in [-0.2, 0) is 9.47 Å². The first-order chi connectivity index (χ1) is 17.4. The highest BCUT2D eigenvalue weighted by molar-refractivity contribution is 5.84. The zero-order valence-electron chi connectivity index (χ0n) is 20.2. The Bertz CT molecular complexity index is 1450. The number of aromatic nitrogens is 3. The van der Waals surface area contributed by atoms with E-state index in [1.807, 2.05) is 24.8 Å². The molecule has 2 aromatic heterocycles. The van der Waals surface area contributed by atoms with Crippen molar-refractivity contribution in [3.63, 3.8) is 0 Å². The van der Waals surface area contributed by atoms with E-state index in [0.29, 0.717) is 5.69 Å². The van der Waals surface area contributed by atoms with E-state index >= 15 is 0 Å². The van der Waals surface area contributed by atoms with Gasteiger partial charge in [0.1, 0.15) is 17.6 Å². The van der Waals surface area contributed by atoms with Gasteiger partial charge in [0, 0.05) is 30.5 Å². The summed E-state index contributed by atoms with van der Waals surface area (Å²) in [6.07, 6.45) is 5.48. The molecule has 9 heteroatoms. The Labute approximate surface area is 206 Å². The summed E-state index contributed by atoms with van der Waals surface area (Å²) in [4.78, 5) is 6.97. The van der Waals surface area contributed by atoms with Gasteiger partial charge in [0.25, 0.3) is 0 Å². The molecule has 0 bridgehead atoms. The van der Waals surface area contributed by atoms with Gasteiger partial charge in [0.05, 0.1) is 29.1 Å². The lowest BCUT2D eigenvalue weighted by Gasteiger charge is -2.39. The molecule has 1 atom stereocenters. The first-order valence-electron chi connectivity index (χ1n) is 11.9. The van der Waals surface area contributed by atoms with E-state index in [2.05, 4.69) is 27.9 Å². The van der Waals surface area contributed by atoms with Gasteiger partial charge in [-0.2, -0.15) is 0 Å². The summed E-state index contributed by atoms with van der Waals surface area (Å²) in [5.74, 6) is -0.224. The highest BCUT2D eigenvalue weighted by atomic mass is 19.2. The van der Waals surface area contributed by atoms with E-state index in [0.717, 1.165) is 58.3 Å². The van der Waals surface area contributed by atoms with Gasteiger partial charge in [0.15, 0.2) is 18.4 Å². The van der Waals surface area contributed by atoms with Gasteiger partial charge in [0.2, 0.25) is 0 Å². The van der Waals surface area contributed by atoms with E-state index in [1.165, 1.54) is 6.07 Å². The number of hydrogen-bond donors (Lipinski definition) is 0. The largest absolute Gasteiger partial charge is 0.481 e. The monoisotopic (exact) mass is 492 g/mol. The number of nitrogens with zero attached hydrogens (tertiary/aromatic N) is 4. The molecule has 186 valence electrons. The van der Waals surface area contributed by atoms with E-state index in [1.54, 1.807) is 19.4 Å². The second-order valence-electron chi connectivity index (χ2n) is 9.36. The van der Waals surface area contributed by atoms with Crippen LogP contribution >= 0.6 is 0 Å². The third-order valence-corrected chi connectivity index (χ3v) is 7.21. The second kappa shape index (κ2) is 8.74. The minimum atomic E-state index is -0.902. The molecule has 0 amide bonds. The molecule has 0 saturated heterocycles. The van der Waals surface area contributed by atoms with Crippen molar-refractivity contribution >= 4 is 16.7 Å². The predicted octanol–water partition coefficient (Wildman–Crippen LogP) is 5.99. The molecule has 1 saturated carbocycles. The summed E-state index contributed by atoms with van der Waals surface area (Å²) < 4.78 is 46.5. The van der Waals surface area contributed by atoms with Crippen LogP contribution < -0.4 is 4.90 Å². The third-order valence-electron chi connectivity index (χ3n) is 7.21. The molecule has 4 aromatic rings. The molecule has 3 heterocycles. The molecule has 0 radical (unpaired) electrons. The van der Waals surface area contributed by atoms with Crippen LogP contribution in [0.15, 0.2) is 53.3 Å². The predicted molar refractivity (Wildman–Crippen MR) is 130 cm³/mol. The molecule has 7 nitrogen and oxygen atoms in total. The first-order valence-corrected chi connectivity index (χ1v) is 11.9. The Hall–Kier alpha value is -3.72. The number of aryl methyl sites for hydroxylation is 2. The lowest BCUT2D eigenvalue weighted by molar-refractivity contribution is 0.00631. The molecule has 36 heavy (non-hydrogen) atoms.